The Morgan fingerprint density at radius 1 is 0.921 bits per heavy atom. The fourth-order valence-corrected chi connectivity index (χ4v) is 4.35. The van der Waals surface area contributed by atoms with Crippen LogP contribution in [0.25, 0.3) is 0 Å². The van der Waals surface area contributed by atoms with E-state index in [0.717, 1.165) is 33.5 Å². The third-order valence-corrected chi connectivity index (χ3v) is 6.70. The first-order valence-corrected chi connectivity index (χ1v) is 12.3. The lowest BCUT2D eigenvalue weighted by Crippen LogP contribution is -2.18. The van der Waals surface area contributed by atoms with E-state index in [4.69, 9.17) is 11.5 Å². The van der Waals surface area contributed by atoms with Gasteiger partial charge in [-0.25, -0.2) is 4.79 Å². The molecule has 0 aliphatic heterocycles. The van der Waals surface area contributed by atoms with E-state index in [1.165, 1.54) is 0 Å². The molecular weight excluding hydrogens is 480 g/mol. The molecule has 0 saturated heterocycles. The maximum Gasteiger partial charge on any atom is 0.352 e. The molecule has 198 valence electrons. The standard InChI is InChI=1S/C21H22N2O3.C9H12N2O/c1-3-23-18(15(2)12-19(23)21(25)26)13-16-7-9-17(10-8-16)14-22-11-5-4-6-20(22)24;1-5-6(2)8(10)4-3-7(5)9(11)12/h4-12H,3,13-14H2,1-2H3,(H,25,26);3-4H,10H2,1-2H3,(H2,11,12). The van der Waals surface area contributed by atoms with E-state index < -0.39 is 11.9 Å². The number of aromatic carboxylic acids is 1. The topological polar surface area (TPSA) is 133 Å². The van der Waals surface area contributed by atoms with E-state index in [2.05, 4.69) is 0 Å². The van der Waals surface area contributed by atoms with Crippen LogP contribution < -0.4 is 17.0 Å². The minimum atomic E-state index is -0.898. The molecule has 2 aromatic carbocycles. The zero-order valence-electron chi connectivity index (χ0n) is 22.2. The Morgan fingerprint density at radius 2 is 1.58 bits per heavy atom. The predicted octanol–water partition coefficient (Wildman–Crippen LogP) is 4.30. The number of carboxylic acid groups (broad SMARTS) is 1. The van der Waals surface area contributed by atoms with Gasteiger partial charge in [0.1, 0.15) is 5.69 Å². The summed E-state index contributed by atoms with van der Waals surface area (Å²) in [6, 6.07) is 18.3. The molecule has 0 spiro atoms. The Kier molecular flexibility index (Phi) is 8.91. The average Bonchev–Trinajstić information content (AvgIpc) is 3.20. The van der Waals surface area contributed by atoms with Crippen molar-refractivity contribution in [3.05, 3.63) is 122 Å². The zero-order valence-corrected chi connectivity index (χ0v) is 22.2. The van der Waals surface area contributed by atoms with Crippen LogP contribution >= 0.6 is 0 Å². The number of hydrogen-bond donors (Lipinski definition) is 3. The van der Waals surface area contributed by atoms with Gasteiger partial charge < -0.3 is 25.7 Å². The summed E-state index contributed by atoms with van der Waals surface area (Å²) < 4.78 is 3.52. The molecule has 0 saturated carbocycles. The summed E-state index contributed by atoms with van der Waals surface area (Å²) in [7, 11) is 0. The van der Waals surface area contributed by atoms with Crippen LogP contribution in [0, 0.1) is 20.8 Å². The molecule has 5 N–H and O–H groups in total. The third-order valence-electron chi connectivity index (χ3n) is 6.70. The highest BCUT2D eigenvalue weighted by Gasteiger charge is 2.16. The van der Waals surface area contributed by atoms with Crippen LogP contribution in [0.5, 0.6) is 0 Å². The van der Waals surface area contributed by atoms with Gasteiger partial charge in [-0.3, -0.25) is 9.59 Å². The number of benzene rings is 2. The summed E-state index contributed by atoms with van der Waals surface area (Å²) >= 11 is 0. The molecule has 0 aliphatic carbocycles. The molecule has 0 atom stereocenters. The molecular formula is C30H34N4O4. The normalized spacial score (nSPS) is 10.5. The summed E-state index contributed by atoms with van der Waals surface area (Å²) in [6.45, 7) is 8.77. The van der Waals surface area contributed by atoms with Crippen molar-refractivity contribution in [2.24, 2.45) is 5.73 Å². The Morgan fingerprint density at radius 3 is 2.16 bits per heavy atom. The number of carboxylic acids is 1. The summed E-state index contributed by atoms with van der Waals surface area (Å²) in [5.41, 5.74) is 18.3. The first-order valence-electron chi connectivity index (χ1n) is 12.3. The van der Waals surface area contributed by atoms with E-state index in [1.807, 2.05) is 62.6 Å². The molecule has 8 heteroatoms. The predicted molar refractivity (Wildman–Crippen MR) is 150 cm³/mol. The molecule has 1 amide bonds. The Labute approximate surface area is 222 Å². The first kappa shape index (κ1) is 28.0. The van der Waals surface area contributed by atoms with Crippen molar-refractivity contribution in [3.8, 4) is 0 Å². The van der Waals surface area contributed by atoms with E-state index in [0.29, 0.717) is 36.5 Å². The van der Waals surface area contributed by atoms with Gasteiger partial charge in [-0.15, -0.1) is 0 Å². The fraction of sp³-hybridized carbons (Fsp3) is 0.233. The molecule has 0 unspecified atom stereocenters. The quantitative estimate of drug-likeness (QED) is 0.316. The number of rotatable bonds is 7. The van der Waals surface area contributed by atoms with E-state index in [1.54, 1.807) is 41.1 Å². The number of amides is 1. The van der Waals surface area contributed by atoms with Crippen molar-refractivity contribution < 1.29 is 14.7 Å². The number of hydrogen-bond acceptors (Lipinski definition) is 4. The van der Waals surface area contributed by atoms with Crippen LogP contribution in [0.2, 0.25) is 0 Å². The lowest BCUT2D eigenvalue weighted by atomic mass is 10.0. The molecule has 0 bridgehead atoms. The number of anilines is 1. The summed E-state index contributed by atoms with van der Waals surface area (Å²) in [5, 5.41) is 9.35. The minimum Gasteiger partial charge on any atom is -0.477 e. The van der Waals surface area contributed by atoms with E-state index in [-0.39, 0.29) is 5.56 Å². The second kappa shape index (κ2) is 12.1. The molecule has 0 radical (unpaired) electrons. The lowest BCUT2D eigenvalue weighted by molar-refractivity contribution is 0.0684. The number of primary amides is 1. The number of aromatic nitrogens is 2. The van der Waals surface area contributed by atoms with Crippen molar-refractivity contribution in [2.45, 2.75) is 47.2 Å². The molecule has 8 nitrogen and oxygen atoms in total. The number of carbonyl (C=O) groups is 2. The number of nitrogen functional groups attached to an aromatic ring is 1. The van der Waals surface area contributed by atoms with E-state index in [9.17, 15) is 19.5 Å². The van der Waals surface area contributed by atoms with Gasteiger partial charge in [0, 0.05) is 42.2 Å². The molecule has 2 aromatic heterocycles. The van der Waals surface area contributed by atoms with E-state index >= 15 is 0 Å². The maximum atomic E-state index is 11.8. The van der Waals surface area contributed by atoms with Gasteiger partial charge in [0.05, 0.1) is 6.54 Å². The summed E-state index contributed by atoms with van der Waals surface area (Å²) in [4.78, 5) is 34.1. The smallest absolute Gasteiger partial charge is 0.352 e. The number of nitrogens with zero attached hydrogens (tertiary/aromatic N) is 2. The Balaban J connectivity index is 0.000000279. The number of nitrogens with two attached hydrogens (primary N) is 2. The zero-order chi connectivity index (χ0) is 28.0. The van der Waals surface area contributed by atoms with Crippen molar-refractivity contribution in [1.82, 2.24) is 9.13 Å². The van der Waals surface area contributed by atoms with Crippen molar-refractivity contribution >= 4 is 17.6 Å². The van der Waals surface area contributed by atoms with Crippen LogP contribution in [0.4, 0.5) is 5.69 Å². The number of carbonyl (C=O) groups excluding carboxylic acids is 1. The number of pyridine rings is 1. The van der Waals surface area contributed by atoms with Crippen LogP contribution in [0.15, 0.2) is 71.7 Å². The van der Waals surface area contributed by atoms with Crippen LogP contribution in [-0.2, 0) is 19.5 Å². The van der Waals surface area contributed by atoms with Crippen LogP contribution in [0.3, 0.4) is 0 Å². The van der Waals surface area contributed by atoms with Gasteiger partial charge in [0.15, 0.2) is 0 Å². The van der Waals surface area contributed by atoms with Gasteiger partial charge in [0.2, 0.25) is 5.91 Å². The summed E-state index contributed by atoms with van der Waals surface area (Å²) in [5.74, 6) is -1.31. The summed E-state index contributed by atoms with van der Waals surface area (Å²) in [6.07, 6.45) is 2.46. The van der Waals surface area contributed by atoms with Crippen molar-refractivity contribution in [3.63, 3.8) is 0 Å². The maximum absolute atomic E-state index is 11.8. The first-order chi connectivity index (χ1) is 18.0. The van der Waals surface area contributed by atoms with Gasteiger partial charge >= 0.3 is 5.97 Å². The van der Waals surface area contributed by atoms with Gasteiger partial charge in [-0.2, -0.15) is 0 Å². The largest absolute Gasteiger partial charge is 0.477 e. The van der Waals surface area contributed by atoms with Gasteiger partial charge in [-0.1, -0.05) is 30.3 Å². The monoisotopic (exact) mass is 514 g/mol. The van der Waals surface area contributed by atoms with Crippen molar-refractivity contribution in [2.75, 3.05) is 5.73 Å². The Bertz CT molecular complexity index is 1510. The second-order valence-corrected chi connectivity index (χ2v) is 9.19. The average molecular weight is 515 g/mol. The SMILES string of the molecule is CCn1c(C(=O)O)cc(C)c1Cc1ccc(Cn2ccccc2=O)cc1.Cc1c(N)ccc(C(N)=O)c1C. The van der Waals surface area contributed by atoms with Crippen LogP contribution in [-0.4, -0.2) is 26.1 Å². The fourth-order valence-electron chi connectivity index (χ4n) is 4.35. The van der Waals surface area contributed by atoms with Gasteiger partial charge in [-0.05, 0) is 79.8 Å². The second-order valence-electron chi connectivity index (χ2n) is 9.19. The lowest BCUT2D eigenvalue weighted by Gasteiger charge is -2.11. The minimum absolute atomic E-state index is 0.0193. The van der Waals surface area contributed by atoms with Gasteiger partial charge in [0.25, 0.3) is 5.56 Å². The Hall–Kier alpha value is -4.59. The molecule has 0 aliphatic rings. The molecule has 38 heavy (non-hydrogen) atoms. The highest BCUT2D eigenvalue weighted by atomic mass is 16.4. The third kappa shape index (κ3) is 6.39. The highest BCUT2D eigenvalue weighted by molar-refractivity contribution is 5.95. The number of aryl methyl sites for hydroxylation is 1. The highest BCUT2D eigenvalue weighted by Crippen LogP contribution is 2.20. The molecule has 2 heterocycles. The molecule has 4 aromatic rings. The molecule has 4 rings (SSSR count). The van der Waals surface area contributed by atoms with Crippen molar-refractivity contribution in [1.29, 1.82) is 0 Å². The molecule has 0 fully saturated rings. The van der Waals surface area contributed by atoms with Crippen LogP contribution in [0.1, 0.15) is 61.3 Å².